The van der Waals surface area contributed by atoms with Gasteiger partial charge in [-0.1, -0.05) is 76.6 Å². The van der Waals surface area contributed by atoms with Crippen molar-refractivity contribution in [2.45, 2.75) is 89.9 Å². The van der Waals surface area contributed by atoms with Crippen LogP contribution in [0.15, 0.2) is 24.3 Å². The highest BCUT2D eigenvalue weighted by atomic mass is 14.3. The van der Waals surface area contributed by atoms with Crippen molar-refractivity contribution in [1.29, 1.82) is 0 Å². The Morgan fingerprint density at radius 1 is 0.750 bits per heavy atom. The van der Waals surface area contributed by atoms with Crippen LogP contribution in [0.1, 0.15) is 101 Å². The third kappa shape index (κ3) is 4.11. The lowest BCUT2D eigenvalue weighted by Crippen LogP contribution is -2.14. The van der Waals surface area contributed by atoms with Crippen LogP contribution in [0.4, 0.5) is 0 Å². The van der Waals surface area contributed by atoms with E-state index in [1.54, 1.807) is 11.1 Å². The molecule has 0 heteroatoms. The summed E-state index contributed by atoms with van der Waals surface area (Å²) >= 11 is 0. The van der Waals surface area contributed by atoms with Crippen LogP contribution in [0.5, 0.6) is 0 Å². The number of hydrogen-bond donors (Lipinski definition) is 0. The SMILES string of the molecule is CCCCCCC1CCC(CCCC)c2ccccc21. The second-order valence-electron chi connectivity index (χ2n) is 6.59. The maximum atomic E-state index is 2.41. The minimum Gasteiger partial charge on any atom is -0.0654 e. The third-order valence-corrected chi connectivity index (χ3v) is 5.05. The summed E-state index contributed by atoms with van der Waals surface area (Å²) < 4.78 is 0. The Labute approximate surface area is 126 Å². The van der Waals surface area contributed by atoms with Crippen LogP contribution in [-0.4, -0.2) is 0 Å². The summed E-state index contributed by atoms with van der Waals surface area (Å²) in [6.07, 6.45) is 14.0. The molecule has 0 nitrogen and oxygen atoms in total. The van der Waals surface area contributed by atoms with E-state index in [1.807, 2.05) is 0 Å². The van der Waals surface area contributed by atoms with Gasteiger partial charge in [-0.15, -0.1) is 0 Å². The van der Waals surface area contributed by atoms with Gasteiger partial charge in [0.15, 0.2) is 0 Å². The highest BCUT2D eigenvalue weighted by Gasteiger charge is 2.25. The molecular weight excluding hydrogens is 240 g/mol. The molecule has 0 saturated carbocycles. The molecule has 0 N–H and O–H groups in total. The van der Waals surface area contributed by atoms with E-state index in [0.717, 1.165) is 11.8 Å². The van der Waals surface area contributed by atoms with Crippen molar-refractivity contribution >= 4 is 0 Å². The van der Waals surface area contributed by atoms with Crippen LogP contribution in [0.2, 0.25) is 0 Å². The molecule has 20 heavy (non-hydrogen) atoms. The quantitative estimate of drug-likeness (QED) is 0.456. The van der Waals surface area contributed by atoms with Crippen molar-refractivity contribution in [3.8, 4) is 0 Å². The first-order valence-corrected chi connectivity index (χ1v) is 8.95. The van der Waals surface area contributed by atoms with E-state index in [-0.39, 0.29) is 0 Å². The fourth-order valence-corrected chi connectivity index (χ4v) is 3.84. The summed E-state index contributed by atoms with van der Waals surface area (Å²) in [5.41, 5.74) is 3.38. The van der Waals surface area contributed by atoms with Gasteiger partial charge >= 0.3 is 0 Å². The molecule has 2 unspecified atom stereocenters. The van der Waals surface area contributed by atoms with Gasteiger partial charge in [0.05, 0.1) is 0 Å². The molecule has 1 aliphatic carbocycles. The predicted molar refractivity (Wildman–Crippen MR) is 89.4 cm³/mol. The van der Waals surface area contributed by atoms with Crippen molar-refractivity contribution in [3.05, 3.63) is 35.4 Å². The summed E-state index contributed by atoms with van der Waals surface area (Å²) in [6, 6.07) is 9.32. The van der Waals surface area contributed by atoms with E-state index in [1.165, 1.54) is 64.2 Å². The zero-order valence-electron chi connectivity index (χ0n) is 13.5. The predicted octanol–water partition coefficient (Wildman–Crippen LogP) is 6.81. The molecule has 2 rings (SSSR count). The van der Waals surface area contributed by atoms with E-state index >= 15 is 0 Å². The van der Waals surface area contributed by atoms with E-state index < -0.39 is 0 Å². The van der Waals surface area contributed by atoms with Gasteiger partial charge in [0.1, 0.15) is 0 Å². The Hall–Kier alpha value is -0.780. The second-order valence-corrected chi connectivity index (χ2v) is 6.59. The van der Waals surface area contributed by atoms with Gasteiger partial charge in [0.2, 0.25) is 0 Å². The van der Waals surface area contributed by atoms with Gasteiger partial charge in [-0.25, -0.2) is 0 Å². The standard InChI is InChI=1S/C20H32/c1-3-5-7-8-12-18-16-15-17(11-6-4-2)19-13-9-10-14-20(18)19/h9-10,13-14,17-18H,3-8,11-12,15-16H2,1-2H3. The smallest absolute Gasteiger partial charge is 0.0159 e. The fraction of sp³-hybridized carbons (Fsp3) is 0.700. The van der Waals surface area contributed by atoms with Crippen LogP contribution in [0, 0.1) is 0 Å². The first kappa shape index (κ1) is 15.6. The molecule has 0 fully saturated rings. The summed E-state index contributed by atoms with van der Waals surface area (Å²) in [5, 5.41) is 0. The average molecular weight is 272 g/mol. The lowest BCUT2D eigenvalue weighted by atomic mass is 9.73. The molecule has 112 valence electrons. The third-order valence-electron chi connectivity index (χ3n) is 5.05. The highest BCUT2D eigenvalue weighted by molar-refractivity contribution is 5.35. The van der Waals surface area contributed by atoms with Crippen molar-refractivity contribution in [1.82, 2.24) is 0 Å². The highest BCUT2D eigenvalue weighted by Crippen LogP contribution is 2.43. The van der Waals surface area contributed by atoms with Gasteiger partial charge in [0, 0.05) is 0 Å². The van der Waals surface area contributed by atoms with Crippen LogP contribution in [-0.2, 0) is 0 Å². The maximum absolute atomic E-state index is 2.41. The summed E-state index contributed by atoms with van der Waals surface area (Å²) in [5.74, 6) is 1.69. The molecule has 0 aliphatic heterocycles. The van der Waals surface area contributed by atoms with Gasteiger partial charge in [-0.05, 0) is 48.6 Å². The Bertz CT molecular complexity index is 379. The summed E-state index contributed by atoms with van der Waals surface area (Å²) in [4.78, 5) is 0. The Morgan fingerprint density at radius 3 is 1.85 bits per heavy atom. The largest absolute Gasteiger partial charge is 0.0654 e. The van der Waals surface area contributed by atoms with Crippen LogP contribution in [0.25, 0.3) is 0 Å². The van der Waals surface area contributed by atoms with Crippen LogP contribution in [0.3, 0.4) is 0 Å². The van der Waals surface area contributed by atoms with Crippen molar-refractivity contribution in [2.24, 2.45) is 0 Å². The molecule has 0 heterocycles. The average Bonchev–Trinajstić information content (AvgIpc) is 2.50. The van der Waals surface area contributed by atoms with E-state index in [4.69, 9.17) is 0 Å². The van der Waals surface area contributed by atoms with E-state index in [0.29, 0.717) is 0 Å². The zero-order chi connectivity index (χ0) is 14.2. The molecule has 2 atom stereocenters. The Morgan fingerprint density at radius 2 is 1.30 bits per heavy atom. The van der Waals surface area contributed by atoms with Crippen molar-refractivity contribution in [2.75, 3.05) is 0 Å². The molecule has 0 saturated heterocycles. The molecular formula is C20H32. The molecule has 0 spiro atoms. The monoisotopic (exact) mass is 272 g/mol. The zero-order valence-corrected chi connectivity index (χ0v) is 13.5. The second kappa shape index (κ2) is 8.49. The molecule has 1 aromatic carbocycles. The number of benzene rings is 1. The molecule has 0 radical (unpaired) electrons. The Balaban J connectivity index is 1.99. The first-order valence-electron chi connectivity index (χ1n) is 8.95. The van der Waals surface area contributed by atoms with Gasteiger partial charge in [-0.2, -0.15) is 0 Å². The first-order chi connectivity index (χ1) is 9.86. The molecule has 0 amide bonds. The fourth-order valence-electron chi connectivity index (χ4n) is 3.84. The molecule has 0 aromatic heterocycles. The molecule has 1 aromatic rings. The number of rotatable bonds is 8. The minimum absolute atomic E-state index is 0.845. The van der Waals surface area contributed by atoms with Gasteiger partial charge in [-0.3, -0.25) is 0 Å². The Kier molecular flexibility index (Phi) is 6.63. The van der Waals surface area contributed by atoms with Crippen LogP contribution < -0.4 is 0 Å². The summed E-state index contributed by atoms with van der Waals surface area (Å²) in [7, 11) is 0. The normalized spacial score (nSPS) is 21.7. The van der Waals surface area contributed by atoms with Gasteiger partial charge in [0.25, 0.3) is 0 Å². The van der Waals surface area contributed by atoms with Gasteiger partial charge < -0.3 is 0 Å². The summed E-state index contributed by atoms with van der Waals surface area (Å²) in [6.45, 7) is 4.61. The topological polar surface area (TPSA) is 0 Å². The minimum atomic E-state index is 0.845. The van der Waals surface area contributed by atoms with Crippen molar-refractivity contribution < 1.29 is 0 Å². The number of hydrogen-bond acceptors (Lipinski definition) is 0. The number of unbranched alkanes of at least 4 members (excludes halogenated alkanes) is 4. The lowest BCUT2D eigenvalue weighted by molar-refractivity contribution is 0.426. The molecule has 0 bridgehead atoms. The molecule has 1 aliphatic rings. The van der Waals surface area contributed by atoms with E-state index in [2.05, 4.69) is 38.1 Å². The van der Waals surface area contributed by atoms with E-state index in [9.17, 15) is 0 Å². The number of fused-ring (bicyclic) bond motifs is 1. The lowest BCUT2D eigenvalue weighted by Gasteiger charge is -2.32. The van der Waals surface area contributed by atoms with Crippen LogP contribution >= 0.6 is 0 Å². The van der Waals surface area contributed by atoms with Crippen molar-refractivity contribution in [3.63, 3.8) is 0 Å². The maximum Gasteiger partial charge on any atom is -0.0159 e.